The topological polar surface area (TPSA) is 55.0 Å². The highest BCUT2D eigenvalue weighted by Gasteiger charge is 2.21. The Morgan fingerprint density at radius 3 is 3.00 bits per heavy atom. The summed E-state index contributed by atoms with van der Waals surface area (Å²) in [5, 5.41) is 1.21. The normalized spacial score (nSPS) is 23.5. The molecule has 0 bridgehead atoms. The Labute approximate surface area is 79.5 Å². The van der Waals surface area contributed by atoms with E-state index in [1.165, 1.54) is 11.5 Å². The number of aromatic nitrogens is 2. The van der Waals surface area contributed by atoms with Crippen molar-refractivity contribution >= 4 is 28.3 Å². The fraction of sp³-hybridized carbons (Fsp3) is 0.667. The number of nitrogens with zero attached hydrogens (tertiary/aromatic N) is 3. The van der Waals surface area contributed by atoms with Crippen LogP contribution in [0.3, 0.4) is 0 Å². The van der Waals surface area contributed by atoms with E-state index in [0.29, 0.717) is 5.28 Å². The number of halogens is 1. The lowest BCUT2D eigenvalue weighted by Crippen LogP contribution is -2.26. The van der Waals surface area contributed by atoms with E-state index in [1.807, 2.05) is 0 Å². The molecule has 1 aromatic heterocycles. The second kappa shape index (κ2) is 3.16. The van der Waals surface area contributed by atoms with Gasteiger partial charge in [0.05, 0.1) is 0 Å². The third-order valence-electron chi connectivity index (χ3n) is 1.89. The Bertz CT molecular complexity index is 276. The van der Waals surface area contributed by atoms with Gasteiger partial charge in [-0.1, -0.05) is 0 Å². The third kappa shape index (κ3) is 1.53. The van der Waals surface area contributed by atoms with Crippen LogP contribution >= 0.6 is 23.1 Å². The lowest BCUT2D eigenvalue weighted by atomic mass is 10.3. The molecule has 0 aliphatic carbocycles. The monoisotopic (exact) mass is 204 g/mol. The van der Waals surface area contributed by atoms with Gasteiger partial charge in [-0.25, -0.2) is 0 Å². The van der Waals surface area contributed by atoms with Crippen molar-refractivity contribution in [2.45, 2.75) is 12.5 Å². The first-order valence-corrected chi connectivity index (χ1v) is 4.90. The smallest absolute Gasteiger partial charge is 0.236 e. The molecule has 1 fully saturated rings. The molecule has 0 amide bonds. The van der Waals surface area contributed by atoms with E-state index in [0.717, 1.165) is 24.6 Å². The first-order chi connectivity index (χ1) is 5.75. The zero-order chi connectivity index (χ0) is 8.55. The lowest BCUT2D eigenvalue weighted by molar-refractivity contribution is 0.752. The SMILES string of the molecule is NC1CCN(c2nc(Cl)ns2)C1. The molecule has 2 rings (SSSR count). The second-order valence-corrected chi connectivity index (χ2v) is 3.91. The Hall–Kier alpha value is -0.390. The van der Waals surface area contributed by atoms with E-state index in [-0.39, 0.29) is 6.04 Å². The standard InChI is InChI=1S/C6H9ClN4S/c7-5-9-6(12-10-5)11-2-1-4(8)3-11/h4H,1-3,8H2. The summed E-state index contributed by atoms with van der Waals surface area (Å²) in [4.78, 5) is 6.19. The molecule has 1 aliphatic heterocycles. The lowest BCUT2D eigenvalue weighted by Gasteiger charge is -2.11. The molecular weight excluding hydrogens is 196 g/mol. The van der Waals surface area contributed by atoms with Gasteiger partial charge in [-0.2, -0.15) is 9.36 Å². The highest BCUT2D eigenvalue weighted by atomic mass is 35.5. The van der Waals surface area contributed by atoms with Crippen LogP contribution in [0.1, 0.15) is 6.42 Å². The molecule has 4 nitrogen and oxygen atoms in total. The average Bonchev–Trinajstić information content (AvgIpc) is 2.58. The minimum Gasteiger partial charge on any atom is -0.345 e. The van der Waals surface area contributed by atoms with Crippen LogP contribution in [0.15, 0.2) is 0 Å². The molecular formula is C6H9ClN4S. The highest BCUT2D eigenvalue weighted by molar-refractivity contribution is 7.10. The molecule has 12 heavy (non-hydrogen) atoms. The molecule has 1 aromatic rings. The second-order valence-electron chi connectivity index (χ2n) is 2.84. The van der Waals surface area contributed by atoms with Crippen molar-refractivity contribution in [3.8, 4) is 0 Å². The molecule has 1 unspecified atom stereocenters. The van der Waals surface area contributed by atoms with Crippen molar-refractivity contribution in [1.29, 1.82) is 0 Å². The summed E-state index contributed by atoms with van der Waals surface area (Å²) in [7, 11) is 0. The van der Waals surface area contributed by atoms with Gasteiger partial charge in [-0.05, 0) is 18.0 Å². The van der Waals surface area contributed by atoms with Crippen LogP contribution in [0.2, 0.25) is 5.28 Å². The van der Waals surface area contributed by atoms with Gasteiger partial charge >= 0.3 is 0 Å². The zero-order valence-electron chi connectivity index (χ0n) is 6.40. The number of nitrogens with two attached hydrogens (primary N) is 1. The van der Waals surface area contributed by atoms with Gasteiger partial charge in [0.1, 0.15) is 0 Å². The molecule has 2 N–H and O–H groups in total. The summed E-state index contributed by atoms with van der Waals surface area (Å²) in [5.41, 5.74) is 5.75. The van der Waals surface area contributed by atoms with Crippen LogP contribution in [0.4, 0.5) is 5.13 Å². The number of anilines is 1. The molecule has 0 aromatic carbocycles. The van der Waals surface area contributed by atoms with Gasteiger partial charge in [0, 0.05) is 30.7 Å². The van der Waals surface area contributed by atoms with Gasteiger partial charge < -0.3 is 10.6 Å². The molecule has 6 heteroatoms. The molecule has 1 aliphatic rings. The Morgan fingerprint density at radius 2 is 2.50 bits per heavy atom. The Balaban J connectivity index is 2.11. The first-order valence-electron chi connectivity index (χ1n) is 3.75. The Morgan fingerprint density at radius 1 is 1.67 bits per heavy atom. The first kappa shape index (κ1) is 8.22. The van der Waals surface area contributed by atoms with Gasteiger partial charge in [-0.15, -0.1) is 0 Å². The summed E-state index contributed by atoms with van der Waals surface area (Å²) in [6, 6.07) is 0.271. The fourth-order valence-electron chi connectivity index (χ4n) is 1.29. The van der Waals surface area contributed by atoms with Gasteiger partial charge in [-0.3, -0.25) is 0 Å². The maximum absolute atomic E-state index is 5.75. The van der Waals surface area contributed by atoms with Crippen LogP contribution < -0.4 is 10.6 Å². The van der Waals surface area contributed by atoms with E-state index in [1.54, 1.807) is 0 Å². The number of rotatable bonds is 1. The van der Waals surface area contributed by atoms with Gasteiger partial charge in [0.2, 0.25) is 10.4 Å². The van der Waals surface area contributed by atoms with Crippen LogP contribution in [-0.2, 0) is 0 Å². The molecule has 66 valence electrons. The minimum atomic E-state index is 0.271. The van der Waals surface area contributed by atoms with E-state index in [4.69, 9.17) is 17.3 Å². The molecule has 0 spiro atoms. The van der Waals surface area contributed by atoms with Crippen LogP contribution in [-0.4, -0.2) is 28.5 Å². The van der Waals surface area contributed by atoms with Crippen molar-refractivity contribution in [3.05, 3.63) is 5.28 Å². The molecule has 2 heterocycles. The predicted octanol–water partition coefficient (Wildman–Crippen LogP) is 0.729. The number of hydrogen-bond acceptors (Lipinski definition) is 5. The van der Waals surface area contributed by atoms with Crippen molar-refractivity contribution in [2.75, 3.05) is 18.0 Å². The molecule has 0 radical (unpaired) electrons. The minimum absolute atomic E-state index is 0.271. The van der Waals surface area contributed by atoms with Crippen LogP contribution in [0, 0.1) is 0 Å². The summed E-state index contributed by atoms with van der Waals surface area (Å²) in [5.74, 6) is 0. The summed E-state index contributed by atoms with van der Waals surface area (Å²) in [6.45, 7) is 1.83. The van der Waals surface area contributed by atoms with E-state index in [9.17, 15) is 0 Å². The van der Waals surface area contributed by atoms with E-state index < -0.39 is 0 Å². The Kier molecular flexibility index (Phi) is 2.16. The quantitative estimate of drug-likeness (QED) is 0.733. The molecule has 0 saturated carbocycles. The molecule has 1 atom stereocenters. The molecule has 1 saturated heterocycles. The largest absolute Gasteiger partial charge is 0.345 e. The summed E-state index contributed by atoms with van der Waals surface area (Å²) < 4.78 is 3.90. The van der Waals surface area contributed by atoms with Crippen LogP contribution in [0.5, 0.6) is 0 Å². The predicted molar refractivity (Wildman–Crippen MR) is 49.7 cm³/mol. The van der Waals surface area contributed by atoms with E-state index >= 15 is 0 Å². The van der Waals surface area contributed by atoms with E-state index in [2.05, 4.69) is 14.3 Å². The fourth-order valence-corrected chi connectivity index (χ4v) is 2.13. The maximum Gasteiger partial charge on any atom is 0.236 e. The number of hydrogen-bond donors (Lipinski definition) is 1. The van der Waals surface area contributed by atoms with Crippen molar-refractivity contribution in [3.63, 3.8) is 0 Å². The average molecular weight is 205 g/mol. The highest BCUT2D eigenvalue weighted by Crippen LogP contribution is 2.22. The van der Waals surface area contributed by atoms with Crippen molar-refractivity contribution in [1.82, 2.24) is 9.36 Å². The van der Waals surface area contributed by atoms with Crippen molar-refractivity contribution in [2.24, 2.45) is 5.73 Å². The summed E-state index contributed by atoms with van der Waals surface area (Å²) in [6.07, 6.45) is 1.02. The summed E-state index contributed by atoms with van der Waals surface area (Å²) >= 11 is 6.93. The van der Waals surface area contributed by atoms with Gasteiger partial charge in [0.15, 0.2) is 0 Å². The maximum atomic E-state index is 5.75. The van der Waals surface area contributed by atoms with Crippen LogP contribution in [0.25, 0.3) is 0 Å². The third-order valence-corrected chi connectivity index (χ3v) is 2.93. The van der Waals surface area contributed by atoms with Gasteiger partial charge in [0.25, 0.3) is 0 Å². The van der Waals surface area contributed by atoms with Crippen molar-refractivity contribution < 1.29 is 0 Å². The zero-order valence-corrected chi connectivity index (χ0v) is 7.98.